The molecule has 0 saturated carbocycles. The van der Waals surface area contributed by atoms with Crippen molar-refractivity contribution in [2.75, 3.05) is 16.8 Å². The number of hydrogen-bond donors (Lipinski definition) is 1. The standard InChI is InChI=1S/C10H12ClN3O4S/c1-10(2-3-19(17,18)6-10)13-9-5-7(14(15)16)4-8(11)12-9/h4-5H,2-3,6H2,1H3,(H,12,13). The summed E-state index contributed by atoms with van der Waals surface area (Å²) < 4.78 is 23.0. The maximum atomic E-state index is 11.5. The smallest absolute Gasteiger partial charge is 0.276 e. The zero-order valence-electron chi connectivity index (χ0n) is 10.1. The lowest BCUT2D eigenvalue weighted by Crippen LogP contribution is -2.36. The Morgan fingerprint density at radius 1 is 1.53 bits per heavy atom. The van der Waals surface area contributed by atoms with Crippen molar-refractivity contribution in [1.29, 1.82) is 0 Å². The molecule has 1 atom stereocenters. The molecule has 104 valence electrons. The van der Waals surface area contributed by atoms with E-state index in [9.17, 15) is 18.5 Å². The van der Waals surface area contributed by atoms with E-state index in [0.29, 0.717) is 6.42 Å². The van der Waals surface area contributed by atoms with Gasteiger partial charge in [0.15, 0.2) is 9.84 Å². The average Bonchev–Trinajstić information content (AvgIpc) is 2.51. The topological polar surface area (TPSA) is 102 Å². The van der Waals surface area contributed by atoms with E-state index in [1.165, 1.54) is 6.07 Å². The highest BCUT2D eigenvalue weighted by molar-refractivity contribution is 7.91. The van der Waals surface area contributed by atoms with Crippen molar-refractivity contribution in [3.8, 4) is 0 Å². The predicted octanol–water partition coefficient (Wildman–Crippen LogP) is 1.63. The fourth-order valence-electron chi connectivity index (χ4n) is 2.07. The number of pyridine rings is 1. The highest BCUT2D eigenvalue weighted by Crippen LogP contribution is 2.29. The van der Waals surface area contributed by atoms with Crippen molar-refractivity contribution in [2.45, 2.75) is 18.9 Å². The first-order valence-corrected chi connectivity index (χ1v) is 7.70. The third kappa shape index (κ3) is 3.32. The minimum atomic E-state index is -3.07. The Bertz CT molecular complexity index is 634. The van der Waals surface area contributed by atoms with Gasteiger partial charge in [-0.1, -0.05) is 11.6 Å². The van der Waals surface area contributed by atoms with Crippen molar-refractivity contribution in [3.05, 3.63) is 27.4 Å². The maximum absolute atomic E-state index is 11.5. The summed E-state index contributed by atoms with van der Waals surface area (Å²) in [4.78, 5) is 14.1. The van der Waals surface area contributed by atoms with Gasteiger partial charge in [-0.25, -0.2) is 13.4 Å². The average molecular weight is 306 g/mol. The fourth-order valence-corrected chi connectivity index (χ4v) is 4.37. The van der Waals surface area contributed by atoms with Gasteiger partial charge in [-0.05, 0) is 13.3 Å². The summed E-state index contributed by atoms with van der Waals surface area (Å²) in [5, 5.41) is 13.6. The number of nitrogens with one attached hydrogen (secondary N) is 1. The van der Waals surface area contributed by atoms with Crippen LogP contribution in [0.25, 0.3) is 0 Å². The summed E-state index contributed by atoms with van der Waals surface area (Å²) in [7, 11) is -3.07. The van der Waals surface area contributed by atoms with E-state index in [1.807, 2.05) is 0 Å². The number of halogens is 1. The van der Waals surface area contributed by atoms with E-state index in [4.69, 9.17) is 11.6 Å². The van der Waals surface area contributed by atoms with Crippen molar-refractivity contribution in [3.63, 3.8) is 0 Å². The predicted molar refractivity (Wildman–Crippen MR) is 71.2 cm³/mol. The van der Waals surface area contributed by atoms with E-state index in [0.717, 1.165) is 6.07 Å². The van der Waals surface area contributed by atoms with Crippen LogP contribution >= 0.6 is 11.6 Å². The Morgan fingerprint density at radius 3 is 2.74 bits per heavy atom. The molecule has 0 aliphatic carbocycles. The summed E-state index contributed by atoms with van der Waals surface area (Å²) in [6.07, 6.45) is 0.428. The summed E-state index contributed by atoms with van der Waals surface area (Å²) in [6, 6.07) is 2.38. The number of nitrogens with zero attached hydrogens (tertiary/aromatic N) is 2. The summed E-state index contributed by atoms with van der Waals surface area (Å²) in [6.45, 7) is 1.74. The number of aromatic nitrogens is 1. The van der Waals surface area contributed by atoms with Crippen LogP contribution in [-0.4, -0.2) is 35.4 Å². The van der Waals surface area contributed by atoms with Gasteiger partial charge in [0.25, 0.3) is 5.69 Å². The first kappa shape index (κ1) is 14.0. The maximum Gasteiger partial charge on any atom is 0.276 e. The van der Waals surface area contributed by atoms with Crippen LogP contribution in [0.15, 0.2) is 12.1 Å². The zero-order valence-corrected chi connectivity index (χ0v) is 11.7. The molecule has 1 aliphatic rings. The minimum Gasteiger partial charge on any atom is -0.364 e. The van der Waals surface area contributed by atoms with E-state index in [1.54, 1.807) is 6.92 Å². The number of anilines is 1. The molecule has 19 heavy (non-hydrogen) atoms. The minimum absolute atomic E-state index is 0.0128. The third-order valence-corrected chi connectivity index (χ3v) is 5.02. The fraction of sp³-hybridized carbons (Fsp3) is 0.500. The van der Waals surface area contributed by atoms with Crippen molar-refractivity contribution in [2.24, 2.45) is 0 Å². The second kappa shape index (κ2) is 4.61. The Balaban J connectivity index is 2.27. The normalized spacial score (nSPS) is 25.2. The summed E-state index contributed by atoms with van der Waals surface area (Å²) in [5.74, 6) is 0.278. The van der Waals surface area contributed by atoms with Crippen LogP contribution < -0.4 is 5.32 Å². The largest absolute Gasteiger partial charge is 0.364 e. The SMILES string of the molecule is CC1(Nc2cc([N+](=O)[O-])cc(Cl)n2)CCS(=O)(=O)C1. The highest BCUT2D eigenvalue weighted by Gasteiger charge is 2.38. The molecule has 1 fully saturated rings. The second-order valence-corrected chi connectivity index (χ2v) is 7.39. The van der Waals surface area contributed by atoms with Crippen molar-refractivity contribution < 1.29 is 13.3 Å². The van der Waals surface area contributed by atoms with Crippen LogP contribution in [-0.2, 0) is 9.84 Å². The highest BCUT2D eigenvalue weighted by atomic mass is 35.5. The second-order valence-electron chi connectivity index (χ2n) is 4.82. The molecular formula is C10H12ClN3O4S. The van der Waals surface area contributed by atoms with Gasteiger partial charge in [0.2, 0.25) is 0 Å². The van der Waals surface area contributed by atoms with Crippen LogP contribution in [0.3, 0.4) is 0 Å². The zero-order chi connectivity index (χ0) is 14.3. The molecule has 2 heterocycles. The Morgan fingerprint density at radius 2 is 2.21 bits per heavy atom. The van der Waals surface area contributed by atoms with Crippen LogP contribution in [0, 0.1) is 10.1 Å². The Hall–Kier alpha value is -1.41. The lowest BCUT2D eigenvalue weighted by molar-refractivity contribution is -0.384. The van der Waals surface area contributed by atoms with Crippen LogP contribution in [0.5, 0.6) is 0 Å². The van der Waals surface area contributed by atoms with Gasteiger partial charge in [0, 0.05) is 0 Å². The number of nitro groups is 1. The first-order valence-electron chi connectivity index (χ1n) is 5.50. The van der Waals surface area contributed by atoms with E-state index in [-0.39, 0.29) is 28.2 Å². The quantitative estimate of drug-likeness (QED) is 0.517. The van der Waals surface area contributed by atoms with Gasteiger partial charge in [-0.3, -0.25) is 10.1 Å². The lowest BCUT2D eigenvalue weighted by atomic mass is 10.0. The van der Waals surface area contributed by atoms with Gasteiger partial charge >= 0.3 is 0 Å². The van der Waals surface area contributed by atoms with E-state index >= 15 is 0 Å². The Labute approximate surface area is 115 Å². The van der Waals surface area contributed by atoms with Crippen LogP contribution in [0.2, 0.25) is 5.15 Å². The van der Waals surface area contributed by atoms with Gasteiger partial charge < -0.3 is 5.32 Å². The number of hydrogen-bond acceptors (Lipinski definition) is 6. The molecule has 0 spiro atoms. The molecule has 7 nitrogen and oxygen atoms in total. The van der Waals surface area contributed by atoms with Crippen LogP contribution in [0.4, 0.5) is 11.5 Å². The molecule has 0 aromatic carbocycles. The molecule has 1 aromatic rings. The van der Waals surface area contributed by atoms with Gasteiger partial charge in [0.1, 0.15) is 11.0 Å². The van der Waals surface area contributed by atoms with E-state index in [2.05, 4.69) is 10.3 Å². The molecule has 1 aromatic heterocycles. The van der Waals surface area contributed by atoms with Gasteiger partial charge in [-0.15, -0.1) is 0 Å². The summed E-state index contributed by atoms with van der Waals surface area (Å²) >= 11 is 5.71. The molecule has 1 N–H and O–H groups in total. The molecule has 0 radical (unpaired) electrons. The monoisotopic (exact) mass is 305 g/mol. The summed E-state index contributed by atoms with van der Waals surface area (Å²) in [5.41, 5.74) is -0.864. The number of rotatable bonds is 3. The van der Waals surface area contributed by atoms with Crippen molar-refractivity contribution in [1.82, 2.24) is 4.98 Å². The molecular weight excluding hydrogens is 294 g/mol. The Kier molecular flexibility index (Phi) is 3.40. The molecule has 0 bridgehead atoms. The van der Waals surface area contributed by atoms with Gasteiger partial charge in [-0.2, -0.15) is 0 Å². The van der Waals surface area contributed by atoms with Crippen LogP contribution in [0.1, 0.15) is 13.3 Å². The number of sulfone groups is 1. The molecule has 1 saturated heterocycles. The molecule has 0 amide bonds. The lowest BCUT2D eigenvalue weighted by Gasteiger charge is -2.24. The first-order chi connectivity index (χ1) is 8.69. The molecule has 1 unspecified atom stereocenters. The third-order valence-electron chi connectivity index (χ3n) is 2.92. The van der Waals surface area contributed by atoms with Gasteiger partial charge in [0.05, 0.1) is 34.1 Å². The van der Waals surface area contributed by atoms with Crippen molar-refractivity contribution >= 4 is 32.9 Å². The molecule has 1 aliphatic heterocycles. The molecule has 2 rings (SSSR count). The van der Waals surface area contributed by atoms with E-state index < -0.39 is 20.3 Å². The molecule has 9 heteroatoms.